The van der Waals surface area contributed by atoms with E-state index < -0.39 is 11.7 Å². The minimum atomic E-state index is -1.29. The third-order valence-corrected chi connectivity index (χ3v) is 4.78. The van der Waals surface area contributed by atoms with Gasteiger partial charge >= 0.3 is 6.09 Å². The Balaban J connectivity index is 3.15. The van der Waals surface area contributed by atoms with Crippen LogP contribution >= 0.6 is 15.9 Å². The summed E-state index contributed by atoms with van der Waals surface area (Å²) in [5, 5.41) is 11.2. The van der Waals surface area contributed by atoms with Crippen molar-refractivity contribution < 1.29 is 19.0 Å². The molecule has 0 heterocycles. The second kappa shape index (κ2) is 11.0. The summed E-state index contributed by atoms with van der Waals surface area (Å²) < 4.78 is 18.8. The number of benzene rings is 1. The highest BCUT2D eigenvalue weighted by molar-refractivity contribution is 9.11. The Morgan fingerprint density at radius 3 is 2.46 bits per heavy atom. The molecule has 0 aromatic heterocycles. The van der Waals surface area contributed by atoms with Crippen molar-refractivity contribution in [3.05, 3.63) is 83.7 Å². The molecule has 1 aromatic rings. The van der Waals surface area contributed by atoms with E-state index in [0.717, 1.165) is 5.57 Å². The van der Waals surface area contributed by atoms with E-state index in [-0.39, 0.29) is 31.2 Å². The van der Waals surface area contributed by atoms with Crippen molar-refractivity contribution in [2.75, 3.05) is 13.7 Å². The van der Waals surface area contributed by atoms with Crippen molar-refractivity contribution in [1.29, 1.82) is 0 Å². The van der Waals surface area contributed by atoms with Crippen LogP contribution in [0.2, 0.25) is 0 Å². The number of hydrogen-bond acceptors (Lipinski definition) is 3. The van der Waals surface area contributed by atoms with E-state index in [0.29, 0.717) is 10.0 Å². The standard InChI is InChI=1S/C22H27BrFNO3/c1-6-12-22(27,19-8-10-20(24)11-9-19)13-14-25(21(26)28-5)17(4)18(7-2)15-16(3)23/h6-11,15,17,27H,1-3,12-14H2,4-5H3/b18-15+. The molecule has 0 aliphatic carbocycles. The number of rotatable bonds is 10. The summed E-state index contributed by atoms with van der Waals surface area (Å²) >= 11 is 3.28. The molecule has 2 unspecified atom stereocenters. The Kier molecular flexibility index (Phi) is 9.35. The van der Waals surface area contributed by atoms with Crippen molar-refractivity contribution in [2.24, 2.45) is 0 Å². The highest BCUT2D eigenvalue weighted by Gasteiger charge is 2.31. The van der Waals surface area contributed by atoms with Crippen LogP contribution in [0.5, 0.6) is 0 Å². The molecule has 1 rings (SSSR count). The molecular weight excluding hydrogens is 425 g/mol. The highest BCUT2D eigenvalue weighted by atomic mass is 79.9. The summed E-state index contributed by atoms with van der Waals surface area (Å²) in [4.78, 5) is 13.9. The molecule has 28 heavy (non-hydrogen) atoms. The summed E-state index contributed by atoms with van der Waals surface area (Å²) in [7, 11) is 1.30. The van der Waals surface area contributed by atoms with Crippen LogP contribution in [0.15, 0.2) is 72.3 Å². The van der Waals surface area contributed by atoms with Gasteiger partial charge in [-0.25, -0.2) is 9.18 Å². The Morgan fingerprint density at radius 1 is 1.39 bits per heavy atom. The molecule has 0 saturated carbocycles. The maximum absolute atomic E-state index is 13.3. The van der Waals surface area contributed by atoms with Crippen molar-refractivity contribution in [2.45, 2.75) is 31.4 Å². The number of carbonyl (C=O) groups is 1. The predicted molar refractivity (Wildman–Crippen MR) is 115 cm³/mol. The number of ether oxygens (including phenoxy) is 1. The second-order valence-corrected chi connectivity index (χ2v) is 7.43. The molecule has 0 saturated heterocycles. The van der Waals surface area contributed by atoms with Gasteiger partial charge in [0.15, 0.2) is 0 Å². The largest absolute Gasteiger partial charge is 0.453 e. The molecular formula is C22H27BrFNO3. The van der Waals surface area contributed by atoms with E-state index in [1.54, 1.807) is 18.2 Å². The van der Waals surface area contributed by atoms with Crippen LogP contribution in [-0.4, -0.2) is 35.8 Å². The topological polar surface area (TPSA) is 49.8 Å². The minimum absolute atomic E-state index is 0.204. The Bertz CT molecular complexity index is 745. The molecule has 0 bridgehead atoms. The average molecular weight is 452 g/mol. The lowest BCUT2D eigenvalue weighted by Crippen LogP contribution is -2.42. The predicted octanol–water partition coefficient (Wildman–Crippen LogP) is 5.46. The van der Waals surface area contributed by atoms with E-state index in [1.165, 1.54) is 36.3 Å². The molecule has 1 N–H and O–H groups in total. The number of methoxy groups -OCH3 is 1. The van der Waals surface area contributed by atoms with Crippen molar-refractivity contribution in [3.8, 4) is 0 Å². The van der Waals surface area contributed by atoms with Crippen LogP contribution in [0, 0.1) is 5.82 Å². The lowest BCUT2D eigenvalue weighted by Gasteiger charge is -2.34. The van der Waals surface area contributed by atoms with Gasteiger partial charge in [-0.2, -0.15) is 0 Å². The summed E-state index contributed by atoms with van der Waals surface area (Å²) in [6.45, 7) is 13.3. The van der Waals surface area contributed by atoms with Gasteiger partial charge in [0.05, 0.1) is 18.8 Å². The first-order valence-corrected chi connectivity index (χ1v) is 9.60. The first-order chi connectivity index (χ1) is 13.2. The van der Waals surface area contributed by atoms with Gasteiger partial charge in [0, 0.05) is 11.0 Å². The van der Waals surface area contributed by atoms with Gasteiger partial charge in [-0.1, -0.05) is 53.4 Å². The Labute approximate surface area is 174 Å². The Hall–Kier alpha value is -2.18. The monoisotopic (exact) mass is 451 g/mol. The van der Waals surface area contributed by atoms with E-state index in [9.17, 15) is 14.3 Å². The fraction of sp³-hybridized carbons (Fsp3) is 0.318. The summed E-state index contributed by atoms with van der Waals surface area (Å²) in [6.07, 6.45) is 4.94. The zero-order valence-electron chi connectivity index (χ0n) is 16.3. The summed E-state index contributed by atoms with van der Waals surface area (Å²) in [5.41, 5.74) is 0.0271. The molecule has 0 aliphatic heterocycles. The van der Waals surface area contributed by atoms with E-state index in [2.05, 4.69) is 35.7 Å². The van der Waals surface area contributed by atoms with Crippen LogP contribution in [0.3, 0.4) is 0 Å². The number of amides is 1. The first kappa shape index (κ1) is 23.9. The Morgan fingerprint density at radius 2 is 2.00 bits per heavy atom. The van der Waals surface area contributed by atoms with Gasteiger partial charge in [0.25, 0.3) is 0 Å². The van der Waals surface area contributed by atoms with Crippen LogP contribution < -0.4 is 0 Å². The summed E-state index contributed by atoms with van der Waals surface area (Å²) in [5.74, 6) is -0.384. The molecule has 0 fully saturated rings. The van der Waals surface area contributed by atoms with Crippen LogP contribution in [0.4, 0.5) is 9.18 Å². The number of halogens is 2. The SMILES string of the molecule is C=CCC(O)(CCN(C(=O)OC)C(C)/C(C=C)=C/C(=C)Br)c1ccc(F)cc1. The molecule has 0 aliphatic rings. The normalized spacial score (nSPS) is 14.5. The fourth-order valence-electron chi connectivity index (χ4n) is 2.94. The molecule has 1 amide bonds. The third kappa shape index (κ3) is 6.46. The number of nitrogens with zero attached hydrogens (tertiary/aromatic N) is 1. The van der Waals surface area contributed by atoms with Crippen LogP contribution in [-0.2, 0) is 10.3 Å². The van der Waals surface area contributed by atoms with Gasteiger partial charge < -0.3 is 14.7 Å². The highest BCUT2D eigenvalue weighted by Crippen LogP contribution is 2.31. The number of aliphatic hydroxyl groups is 1. The minimum Gasteiger partial charge on any atom is -0.453 e. The lowest BCUT2D eigenvalue weighted by atomic mass is 9.87. The van der Waals surface area contributed by atoms with Gasteiger partial charge in [0.1, 0.15) is 5.82 Å². The van der Waals surface area contributed by atoms with Crippen LogP contribution in [0.1, 0.15) is 25.3 Å². The average Bonchev–Trinajstić information content (AvgIpc) is 2.66. The second-order valence-electron chi connectivity index (χ2n) is 6.42. The fourth-order valence-corrected chi connectivity index (χ4v) is 3.20. The van der Waals surface area contributed by atoms with Crippen molar-refractivity contribution in [3.63, 3.8) is 0 Å². The van der Waals surface area contributed by atoms with E-state index in [1.807, 2.05) is 6.92 Å². The number of carbonyl (C=O) groups excluding carboxylic acids is 1. The smallest absolute Gasteiger partial charge is 0.409 e. The summed E-state index contributed by atoms with van der Waals surface area (Å²) in [6, 6.07) is 5.30. The molecule has 6 heteroatoms. The van der Waals surface area contributed by atoms with E-state index >= 15 is 0 Å². The zero-order chi connectivity index (χ0) is 21.3. The molecule has 152 valence electrons. The maximum Gasteiger partial charge on any atom is 0.409 e. The maximum atomic E-state index is 13.3. The molecule has 0 radical (unpaired) electrons. The van der Waals surface area contributed by atoms with Gasteiger partial charge in [-0.15, -0.1) is 6.58 Å². The van der Waals surface area contributed by atoms with Gasteiger partial charge in [-0.05, 0) is 49.1 Å². The van der Waals surface area contributed by atoms with Crippen molar-refractivity contribution >= 4 is 22.0 Å². The quantitative estimate of drug-likeness (QED) is 0.379. The van der Waals surface area contributed by atoms with Crippen molar-refractivity contribution in [1.82, 2.24) is 4.90 Å². The first-order valence-electron chi connectivity index (χ1n) is 8.80. The lowest BCUT2D eigenvalue weighted by molar-refractivity contribution is 0.0175. The van der Waals surface area contributed by atoms with Crippen LogP contribution in [0.25, 0.3) is 0 Å². The molecule has 4 nitrogen and oxygen atoms in total. The molecule has 0 spiro atoms. The van der Waals surface area contributed by atoms with Gasteiger partial charge in [0.2, 0.25) is 0 Å². The number of hydrogen-bond donors (Lipinski definition) is 1. The zero-order valence-corrected chi connectivity index (χ0v) is 17.9. The number of allylic oxidation sites excluding steroid dienone is 2. The third-order valence-electron chi connectivity index (χ3n) is 4.55. The molecule has 1 aromatic carbocycles. The molecule has 2 atom stereocenters. The van der Waals surface area contributed by atoms with Gasteiger partial charge in [-0.3, -0.25) is 0 Å². The van der Waals surface area contributed by atoms with E-state index in [4.69, 9.17) is 4.74 Å².